The lowest BCUT2D eigenvalue weighted by molar-refractivity contribution is -0.122. The van der Waals surface area contributed by atoms with Crippen LogP contribution < -0.4 is 19.1 Å². The molecule has 158 valence electrons. The minimum Gasteiger partial charge on any atom is -0.506 e. The first-order chi connectivity index (χ1) is 14.5. The average molecular weight is 412 g/mol. The Morgan fingerprint density at radius 1 is 1.07 bits per heavy atom. The molecule has 1 N–H and O–H groups in total. The van der Waals surface area contributed by atoms with Gasteiger partial charge in [-0.2, -0.15) is 0 Å². The topological polar surface area (TPSA) is 88.5 Å². The lowest BCUT2D eigenvalue weighted by Gasteiger charge is -2.27. The van der Waals surface area contributed by atoms with Gasteiger partial charge in [-0.05, 0) is 42.7 Å². The number of phenolic OH excluding ortho intramolecular Hbond substituents is 1. The predicted molar refractivity (Wildman–Crippen MR) is 109 cm³/mol. The Morgan fingerprint density at radius 2 is 1.77 bits per heavy atom. The van der Waals surface area contributed by atoms with Gasteiger partial charge in [-0.15, -0.1) is 0 Å². The number of hydrogen-bond donors (Lipinski definition) is 1. The second kappa shape index (κ2) is 7.78. The largest absolute Gasteiger partial charge is 0.506 e. The Labute approximate surface area is 174 Å². The fourth-order valence-corrected chi connectivity index (χ4v) is 4.27. The van der Waals surface area contributed by atoms with Gasteiger partial charge in [0.1, 0.15) is 11.8 Å². The number of rotatable bonds is 5. The van der Waals surface area contributed by atoms with Gasteiger partial charge in [0, 0.05) is 6.54 Å². The number of hydrogen-bond acceptors (Lipinski definition) is 6. The number of fused-ring (bicyclic) bond motifs is 2. The molecule has 2 aliphatic rings. The minimum absolute atomic E-state index is 0.109. The summed E-state index contributed by atoms with van der Waals surface area (Å²) in [4.78, 5) is 29.6. The number of phenols is 1. The van der Waals surface area contributed by atoms with Gasteiger partial charge < -0.3 is 29.1 Å². The molecule has 2 aromatic carbocycles. The molecule has 0 unspecified atom stereocenters. The van der Waals surface area contributed by atoms with E-state index in [0.717, 1.165) is 6.42 Å². The van der Waals surface area contributed by atoms with Crippen LogP contribution in [0, 0.1) is 0 Å². The van der Waals surface area contributed by atoms with Crippen LogP contribution in [0.1, 0.15) is 28.8 Å². The number of carbonyl (C=O) groups is 2. The monoisotopic (exact) mass is 412 g/mol. The van der Waals surface area contributed by atoms with Crippen molar-refractivity contribution in [3.8, 4) is 23.0 Å². The molecule has 0 spiro atoms. The van der Waals surface area contributed by atoms with Crippen molar-refractivity contribution in [1.82, 2.24) is 4.90 Å². The normalized spacial score (nSPS) is 18.0. The van der Waals surface area contributed by atoms with Gasteiger partial charge in [0.05, 0.1) is 39.1 Å². The molecule has 8 nitrogen and oxygen atoms in total. The molecule has 8 heteroatoms. The van der Waals surface area contributed by atoms with E-state index in [2.05, 4.69) is 0 Å². The maximum absolute atomic E-state index is 13.5. The molecular weight excluding hydrogens is 388 g/mol. The molecule has 4 rings (SSSR count). The van der Waals surface area contributed by atoms with Crippen LogP contribution in [0.5, 0.6) is 23.0 Å². The van der Waals surface area contributed by atoms with Crippen LogP contribution in [0.15, 0.2) is 30.3 Å². The van der Waals surface area contributed by atoms with Crippen LogP contribution in [0.25, 0.3) is 0 Å². The zero-order valence-electron chi connectivity index (χ0n) is 17.2. The van der Waals surface area contributed by atoms with Crippen LogP contribution in [0.2, 0.25) is 0 Å². The van der Waals surface area contributed by atoms with E-state index in [0.29, 0.717) is 41.3 Å². The fourth-order valence-electron chi connectivity index (χ4n) is 4.27. The third kappa shape index (κ3) is 3.08. The maximum Gasteiger partial charge on any atom is 0.256 e. The maximum atomic E-state index is 13.5. The highest BCUT2D eigenvalue weighted by Crippen LogP contribution is 2.41. The summed E-state index contributed by atoms with van der Waals surface area (Å²) in [6.07, 6.45) is 1.37. The smallest absolute Gasteiger partial charge is 0.256 e. The summed E-state index contributed by atoms with van der Waals surface area (Å²) < 4.78 is 16.2. The molecule has 1 saturated heterocycles. The van der Waals surface area contributed by atoms with E-state index in [1.165, 1.54) is 32.3 Å². The standard InChI is InChI=1S/C22H24N2O6/c1-28-17-10-13(11-18(29-2)20(17)30-3)12-24-19-14(6-4-8-16(19)25)21(26)23-9-5-7-15(23)22(24)27/h4,6,8,10-11,15,25H,5,7,9,12H2,1-3H3/t15-/m0/s1. The van der Waals surface area contributed by atoms with E-state index >= 15 is 0 Å². The summed E-state index contributed by atoms with van der Waals surface area (Å²) in [6, 6.07) is 7.73. The first-order valence-corrected chi connectivity index (χ1v) is 9.73. The summed E-state index contributed by atoms with van der Waals surface area (Å²) >= 11 is 0. The van der Waals surface area contributed by atoms with Crippen LogP contribution in [-0.2, 0) is 11.3 Å². The number of benzene rings is 2. The van der Waals surface area contributed by atoms with Gasteiger partial charge >= 0.3 is 0 Å². The molecule has 1 fully saturated rings. The summed E-state index contributed by atoms with van der Waals surface area (Å²) in [5.41, 5.74) is 1.27. The van der Waals surface area contributed by atoms with Crippen LogP contribution in [0.3, 0.4) is 0 Å². The number of nitrogens with zero attached hydrogens (tertiary/aromatic N) is 2. The highest BCUT2D eigenvalue weighted by atomic mass is 16.5. The first-order valence-electron chi connectivity index (χ1n) is 9.73. The van der Waals surface area contributed by atoms with Crippen molar-refractivity contribution in [2.45, 2.75) is 25.4 Å². The zero-order valence-corrected chi connectivity index (χ0v) is 17.2. The van der Waals surface area contributed by atoms with E-state index in [1.54, 1.807) is 29.2 Å². The molecule has 1 atom stereocenters. The summed E-state index contributed by atoms with van der Waals surface area (Å²) in [6.45, 7) is 0.667. The number of anilines is 1. The first kappa shape index (κ1) is 19.9. The SMILES string of the molecule is COc1cc(CN2C(=O)[C@@H]3CCCN3C(=O)c3cccc(O)c32)cc(OC)c1OC. The summed E-state index contributed by atoms with van der Waals surface area (Å²) in [5.74, 6) is 0.823. The van der Waals surface area contributed by atoms with Gasteiger partial charge in [0.25, 0.3) is 5.91 Å². The van der Waals surface area contributed by atoms with Crippen molar-refractivity contribution < 1.29 is 28.9 Å². The zero-order chi connectivity index (χ0) is 21.4. The third-order valence-corrected chi connectivity index (χ3v) is 5.65. The number of para-hydroxylation sites is 1. The van der Waals surface area contributed by atoms with Crippen LogP contribution in [-0.4, -0.2) is 55.7 Å². The minimum atomic E-state index is -0.536. The number of carbonyl (C=O) groups excluding carboxylic acids is 2. The molecule has 0 bridgehead atoms. The Balaban J connectivity index is 1.83. The Hall–Kier alpha value is -3.42. The molecular formula is C22H24N2O6. The number of amides is 2. The van der Waals surface area contributed by atoms with E-state index in [9.17, 15) is 14.7 Å². The quantitative estimate of drug-likeness (QED) is 0.812. The molecule has 0 saturated carbocycles. The van der Waals surface area contributed by atoms with Crippen molar-refractivity contribution in [3.05, 3.63) is 41.5 Å². The molecule has 2 aliphatic heterocycles. The Kier molecular flexibility index (Phi) is 5.15. The second-order valence-electron chi connectivity index (χ2n) is 7.29. The summed E-state index contributed by atoms with van der Waals surface area (Å²) in [7, 11) is 4.57. The van der Waals surface area contributed by atoms with Gasteiger partial charge in [0.2, 0.25) is 11.7 Å². The predicted octanol–water partition coefficient (Wildman–Crippen LogP) is 2.57. The van der Waals surface area contributed by atoms with Gasteiger partial charge in [0.15, 0.2) is 11.5 Å². The highest BCUT2D eigenvalue weighted by molar-refractivity contribution is 6.12. The molecule has 30 heavy (non-hydrogen) atoms. The van der Waals surface area contributed by atoms with Crippen molar-refractivity contribution in [3.63, 3.8) is 0 Å². The van der Waals surface area contributed by atoms with Crippen molar-refractivity contribution in [2.24, 2.45) is 0 Å². The van der Waals surface area contributed by atoms with Crippen molar-refractivity contribution >= 4 is 17.5 Å². The lowest BCUT2D eigenvalue weighted by Crippen LogP contribution is -2.44. The molecule has 2 aromatic rings. The number of ether oxygens (including phenoxy) is 3. The molecule has 2 heterocycles. The van der Waals surface area contributed by atoms with E-state index < -0.39 is 6.04 Å². The Morgan fingerprint density at radius 3 is 2.40 bits per heavy atom. The summed E-state index contributed by atoms with van der Waals surface area (Å²) in [5, 5.41) is 10.6. The number of methoxy groups -OCH3 is 3. The van der Waals surface area contributed by atoms with Crippen molar-refractivity contribution in [1.29, 1.82) is 0 Å². The van der Waals surface area contributed by atoms with Gasteiger partial charge in [-0.1, -0.05) is 6.07 Å². The fraction of sp³-hybridized carbons (Fsp3) is 0.364. The molecule has 0 radical (unpaired) electrons. The number of aromatic hydroxyl groups is 1. The third-order valence-electron chi connectivity index (χ3n) is 5.65. The molecule has 0 aliphatic carbocycles. The van der Waals surface area contributed by atoms with Crippen LogP contribution >= 0.6 is 0 Å². The van der Waals surface area contributed by atoms with Crippen LogP contribution in [0.4, 0.5) is 5.69 Å². The van der Waals surface area contributed by atoms with Gasteiger partial charge in [-0.3, -0.25) is 9.59 Å². The van der Waals surface area contributed by atoms with Crippen molar-refractivity contribution in [2.75, 3.05) is 32.8 Å². The van der Waals surface area contributed by atoms with E-state index in [-0.39, 0.29) is 29.8 Å². The highest BCUT2D eigenvalue weighted by Gasteiger charge is 2.43. The Bertz CT molecular complexity index is 980. The van der Waals surface area contributed by atoms with E-state index in [1.807, 2.05) is 0 Å². The van der Waals surface area contributed by atoms with E-state index in [4.69, 9.17) is 14.2 Å². The van der Waals surface area contributed by atoms with Gasteiger partial charge in [-0.25, -0.2) is 0 Å². The molecule has 2 amide bonds. The lowest BCUT2D eigenvalue weighted by atomic mass is 10.1. The molecule has 0 aromatic heterocycles. The average Bonchev–Trinajstić information content (AvgIpc) is 3.23. The second-order valence-corrected chi connectivity index (χ2v) is 7.29.